The molecule has 0 saturated heterocycles. The van der Waals surface area contributed by atoms with E-state index in [1.807, 2.05) is 85.8 Å². The summed E-state index contributed by atoms with van der Waals surface area (Å²) in [5, 5.41) is 11.2. The van der Waals surface area contributed by atoms with Gasteiger partial charge in [0, 0.05) is 22.2 Å². The van der Waals surface area contributed by atoms with Crippen molar-refractivity contribution in [3.05, 3.63) is 96.3 Å². The van der Waals surface area contributed by atoms with Crippen molar-refractivity contribution in [2.45, 2.75) is 16.7 Å². The van der Waals surface area contributed by atoms with Crippen LogP contribution in [-0.4, -0.2) is 23.2 Å². The highest BCUT2D eigenvalue weighted by Gasteiger charge is 2.11. The first-order chi connectivity index (χ1) is 14.1. The van der Waals surface area contributed by atoms with E-state index in [9.17, 15) is 4.79 Å². The fourth-order valence-electron chi connectivity index (χ4n) is 2.75. The van der Waals surface area contributed by atoms with Crippen molar-refractivity contribution in [1.29, 1.82) is 0 Å². The Labute approximate surface area is 175 Å². The number of fused-ring (bicyclic) bond motifs is 1. The zero-order valence-corrected chi connectivity index (χ0v) is 17.3. The van der Waals surface area contributed by atoms with Crippen molar-refractivity contribution >= 4 is 34.6 Å². The summed E-state index contributed by atoms with van der Waals surface area (Å²) in [6.07, 6.45) is 11.7. The molecular formula is C24H23N3OS. The number of allylic oxidation sites excluding steroid dienone is 6. The van der Waals surface area contributed by atoms with Crippen molar-refractivity contribution in [2.75, 3.05) is 7.05 Å². The average Bonchev–Trinajstić information content (AvgIpc) is 3.14. The first-order valence-corrected chi connectivity index (χ1v) is 10.1. The molecule has 5 heteroatoms. The van der Waals surface area contributed by atoms with Crippen LogP contribution in [0.2, 0.25) is 0 Å². The van der Waals surface area contributed by atoms with Gasteiger partial charge in [-0.25, -0.2) is 0 Å². The smallest absolute Gasteiger partial charge is 0.252 e. The van der Waals surface area contributed by atoms with Crippen molar-refractivity contribution in [3.8, 4) is 0 Å². The predicted octanol–water partition coefficient (Wildman–Crippen LogP) is 5.78. The van der Waals surface area contributed by atoms with Gasteiger partial charge in [-0.2, -0.15) is 5.10 Å². The third-order valence-corrected chi connectivity index (χ3v) is 5.29. The predicted molar refractivity (Wildman–Crippen MR) is 122 cm³/mol. The lowest BCUT2D eigenvalue weighted by molar-refractivity contribution is 0.0960. The van der Waals surface area contributed by atoms with Gasteiger partial charge in [-0.3, -0.25) is 9.89 Å². The largest absolute Gasteiger partial charge is 0.355 e. The molecule has 29 heavy (non-hydrogen) atoms. The van der Waals surface area contributed by atoms with Crippen LogP contribution < -0.4 is 5.32 Å². The Morgan fingerprint density at radius 2 is 2.00 bits per heavy atom. The SMILES string of the molecule is C=C(/C=C\C=C/C)/C=C/c1n[nH]c2cc(Sc3ccccc3C(=O)NC)ccc12. The Morgan fingerprint density at radius 1 is 1.17 bits per heavy atom. The third kappa shape index (κ3) is 5.15. The quantitative estimate of drug-likeness (QED) is 0.494. The summed E-state index contributed by atoms with van der Waals surface area (Å²) in [6, 6.07) is 13.7. The summed E-state index contributed by atoms with van der Waals surface area (Å²) >= 11 is 1.56. The number of amides is 1. The lowest BCUT2D eigenvalue weighted by Crippen LogP contribution is -2.18. The number of nitrogens with one attached hydrogen (secondary N) is 2. The van der Waals surface area contributed by atoms with E-state index in [0.29, 0.717) is 5.56 Å². The molecule has 0 aliphatic carbocycles. The summed E-state index contributed by atoms with van der Waals surface area (Å²) in [7, 11) is 1.64. The topological polar surface area (TPSA) is 57.8 Å². The van der Waals surface area contributed by atoms with E-state index in [4.69, 9.17) is 0 Å². The van der Waals surface area contributed by atoms with Crippen LogP contribution in [0.1, 0.15) is 23.0 Å². The van der Waals surface area contributed by atoms with Gasteiger partial charge in [-0.15, -0.1) is 0 Å². The maximum absolute atomic E-state index is 12.1. The molecule has 2 N–H and O–H groups in total. The molecular weight excluding hydrogens is 378 g/mol. The van der Waals surface area contributed by atoms with Crippen LogP contribution in [0.5, 0.6) is 0 Å². The molecule has 0 fully saturated rings. The second kappa shape index (κ2) is 9.75. The van der Waals surface area contributed by atoms with Gasteiger partial charge in [0.1, 0.15) is 0 Å². The number of carbonyl (C=O) groups is 1. The molecule has 0 saturated carbocycles. The molecule has 0 aliphatic heterocycles. The Morgan fingerprint density at radius 3 is 2.79 bits per heavy atom. The normalized spacial score (nSPS) is 11.8. The van der Waals surface area contributed by atoms with E-state index in [-0.39, 0.29) is 5.91 Å². The maximum atomic E-state index is 12.1. The molecule has 3 aromatic rings. The molecule has 1 heterocycles. The van der Waals surface area contributed by atoms with E-state index in [1.54, 1.807) is 18.8 Å². The number of hydrogen-bond acceptors (Lipinski definition) is 3. The summed E-state index contributed by atoms with van der Waals surface area (Å²) in [5.41, 5.74) is 3.38. The van der Waals surface area contributed by atoms with Crippen LogP contribution >= 0.6 is 11.8 Å². The molecule has 4 nitrogen and oxygen atoms in total. The highest BCUT2D eigenvalue weighted by molar-refractivity contribution is 7.99. The fourth-order valence-corrected chi connectivity index (χ4v) is 3.73. The lowest BCUT2D eigenvalue weighted by atomic mass is 10.1. The maximum Gasteiger partial charge on any atom is 0.252 e. The monoisotopic (exact) mass is 401 g/mol. The first kappa shape index (κ1) is 20.4. The second-order valence-corrected chi connectivity index (χ2v) is 7.40. The highest BCUT2D eigenvalue weighted by atomic mass is 32.2. The van der Waals surface area contributed by atoms with Gasteiger partial charge in [-0.05, 0) is 48.9 Å². The number of hydrogen-bond donors (Lipinski definition) is 2. The number of aromatic nitrogens is 2. The molecule has 1 amide bonds. The molecule has 2 aromatic carbocycles. The number of aromatic amines is 1. The lowest BCUT2D eigenvalue weighted by Gasteiger charge is -2.08. The Hall–Kier alpha value is -3.31. The molecule has 3 rings (SSSR count). The van der Waals surface area contributed by atoms with Crippen molar-refractivity contribution in [2.24, 2.45) is 0 Å². The number of carbonyl (C=O) groups excluding carboxylic acids is 1. The standard InChI is InChI=1S/C24H23N3OS/c1-4-5-6-9-17(2)12-15-21-19-14-13-18(16-22(19)27-26-21)29-23-11-8-7-10-20(23)24(28)25-3/h4-16H,2H2,1,3H3,(H,25,28)(H,26,27)/b5-4-,9-6-,15-12+. The van der Waals surface area contributed by atoms with Gasteiger partial charge in [0.25, 0.3) is 5.91 Å². The minimum Gasteiger partial charge on any atom is -0.355 e. The summed E-state index contributed by atoms with van der Waals surface area (Å²) < 4.78 is 0. The summed E-state index contributed by atoms with van der Waals surface area (Å²) in [5.74, 6) is -0.0909. The highest BCUT2D eigenvalue weighted by Crippen LogP contribution is 2.32. The second-order valence-electron chi connectivity index (χ2n) is 6.29. The number of nitrogens with zero attached hydrogens (tertiary/aromatic N) is 1. The molecule has 0 radical (unpaired) electrons. The molecule has 1 aromatic heterocycles. The van der Waals surface area contributed by atoms with Crippen LogP contribution in [0.4, 0.5) is 0 Å². The minimum atomic E-state index is -0.0909. The number of benzene rings is 2. The molecule has 0 spiro atoms. The van der Waals surface area contributed by atoms with E-state index < -0.39 is 0 Å². The molecule has 146 valence electrons. The van der Waals surface area contributed by atoms with Crippen LogP contribution in [0, 0.1) is 0 Å². The summed E-state index contributed by atoms with van der Waals surface area (Å²) in [4.78, 5) is 14.0. The van der Waals surface area contributed by atoms with Gasteiger partial charge in [-0.1, -0.05) is 60.9 Å². The van der Waals surface area contributed by atoms with Crippen LogP contribution in [0.25, 0.3) is 17.0 Å². The van der Waals surface area contributed by atoms with Crippen LogP contribution in [-0.2, 0) is 0 Å². The molecule has 0 bridgehead atoms. The van der Waals surface area contributed by atoms with Gasteiger partial charge in [0.2, 0.25) is 0 Å². The third-order valence-electron chi connectivity index (χ3n) is 4.22. The Kier molecular flexibility index (Phi) is 6.87. The van der Waals surface area contributed by atoms with Gasteiger partial charge < -0.3 is 5.32 Å². The van der Waals surface area contributed by atoms with Gasteiger partial charge >= 0.3 is 0 Å². The average molecular weight is 402 g/mol. The Balaban J connectivity index is 1.81. The van der Waals surface area contributed by atoms with E-state index in [2.05, 4.69) is 22.1 Å². The zero-order valence-electron chi connectivity index (χ0n) is 16.5. The minimum absolute atomic E-state index is 0.0909. The van der Waals surface area contributed by atoms with E-state index in [1.165, 1.54) is 0 Å². The van der Waals surface area contributed by atoms with E-state index in [0.717, 1.165) is 32.0 Å². The molecule has 0 atom stereocenters. The van der Waals surface area contributed by atoms with Gasteiger partial charge in [0.15, 0.2) is 0 Å². The van der Waals surface area contributed by atoms with Gasteiger partial charge in [0.05, 0.1) is 16.8 Å². The number of H-pyrrole nitrogens is 1. The fraction of sp³-hybridized carbons (Fsp3) is 0.0833. The van der Waals surface area contributed by atoms with Crippen molar-refractivity contribution in [1.82, 2.24) is 15.5 Å². The zero-order chi connectivity index (χ0) is 20.6. The van der Waals surface area contributed by atoms with Crippen LogP contribution in [0.3, 0.4) is 0 Å². The molecule has 0 unspecified atom stereocenters. The molecule has 0 aliphatic rings. The Bertz CT molecular complexity index is 1120. The summed E-state index contributed by atoms with van der Waals surface area (Å²) in [6.45, 7) is 5.99. The van der Waals surface area contributed by atoms with E-state index >= 15 is 0 Å². The first-order valence-electron chi connectivity index (χ1n) is 9.26. The van der Waals surface area contributed by atoms with Crippen molar-refractivity contribution < 1.29 is 4.79 Å². The van der Waals surface area contributed by atoms with Crippen molar-refractivity contribution in [3.63, 3.8) is 0 Å². The number of rotatable bonds is 7. The van der Waals surface area contributed by atoms with Crippen LogP contribution in [0.15, 0.2) is 94.8 Å².